The van der Waals surface area contributed by atoms with E-state index in [1.54, 1.807) is 36.1 Å². The van der Waals surface area contributed by atoms with Crippen LogP contribution in [0.4, 0.5) is 0 Å². The lowest BCUT2D eigenvalue weighted by molar-refractivity contribution is 0.0351. The molecule has 0 spiro atoms. The lowest BCUT2D eigenvalue weighted by atomic mass is 9.95. The van der Waals surface area contributed by atoms with E-state index in [0.717, 1.165) is 0 Å². The summed E-state index contributed by atoms with van der Waals surface area (Å²) in [4.78, 5) is 13.9. The molecule has 3 nitrogen and oxygen atoms in total. The molecule has 1 N–H and O–H groups in total. The minimum absolute atomic E-state index is 0.0777. The molecule has 1 aromatic carbocycles. The molecule has 1 fully saturated rings. The summed E-state index contributed by atoms with van der Waals surface area (Å²) in [6.45, 7) is 4.63. The van der Waals surface area contributed by atoms with Crippen molar-refractivity contribution in [3.05, 3.63) is 34.9 Å². The van der Waals surface area contributed by atoms with E-state index < -0.39 is 5.60 Å². The third-order valence-electron chi connectivity index (χ3n) is 3.46. The smallest absolute Gasteiger partial charge is 0.255 e. The van der Waals surface area contributed by atoms with Crippen LogP contribution in [0.2, 0.25) is 5.02 Å². The van der Waals surface area contributed by atoms with Gasteiger partial charge in [0.1, 0.15) is 0 Å². The second kappa shape index (κ2) is 4.31. The number of likely N-dealkylation sites (tertiary alicyclic amines) is 1. The summed E-state index contributed by atoms with van der Waals surface area (Å²) in [5.74, 6) is -0.0332. The van der Waals surface area contributed by atoms with Crippen LogP contribution < -0.4 is 0 Å². The predicted molar refractivity (Wildman–Crippen MR) is 67.1 cm³/mol. The highest BCUT2D eigenvalue weighted by Gasteiger charge is 2.40. The van der Waals surface area contributed by atoms with Crippen molar-refractivity contribution in [3.63, 3.8) is 0 Å². The zero-order chi connectivity index (χ0) is 12.6. The van der Waals surface area contributed by atoms with E-state index in [1.165, 1.54) is 0 Å². The first-order chi connectivity index (χ1) is 7.92. The van der Waals surface area contributed by atoms with E-state index in [2.05, 4.69) is 0 Å². The second-order valence-corrected chi connectivity index (χ2v) is 5.33. The highest BCUT2D eigenvalue weighted by atomic mass is 35.5. The minimum Gasteiger partial charge on any atom is -0.388 e. The molecular formula is C13H16ClNO2. The topological polar surface area (TPSA) is 40.5 Å². The maximum atomic E-state index is 12.2. The van der Waals surface area contributed by atoms with Gasteiger partial charge >= 0.3 is 0 Å². The Hall–Kier alpha value is -1.06. The molecule has 0 aromatic heterocycles. The SMILES string of the molecule is C[C@H]1CN(C(=O)c2ccccc2Cl)C[C@@]1(C)O. The number of hydrogen-bond donors (Lipinski definition) is 1. The number of nitrogens with zero attached hydrogens (tertiary/aromatic N) is 1. The highest BCUT2D eigenvalue weighted by molar-refractivity contribution is 6.33. The Morgan fingerprint density at radius 2 is 2.18 bits per heavy atom. The van der Waals surface area contributed by atoms with Crippen LogP contribution in [0.3, 0.4) is 0 Å². The molecule has 92 valence electrons. The van der Waals surface area contributed by atoms with Gasteiger partial charge in [0.2, 0.25) is 0 Å². The fourth-order valence-corrected chi connectivity index (χ4v) is 2.31. The number of amides is 1. The molecule has 2 atom stereocenters. The number of halogens is 1. The Morgan fingerprint density at radius 1 is 1.53 bits per heavy atom. The van der Waals surface area contributed by atoms with E-state index in [1.807, 2.05) is 6.92 Å². The zero-order valence-electron chi connectivity index (χ0n) is 9.98. The molecule has 0 radical (unpaired) electrons. The van der Waals surface area contributed by atoms with E-state index in [9.17, 15) is 9.90 Å². The van der Waals surface area contributed by atoms with E-state index >= 15 is 0 Å². The number of hydrogen-bond acceptors (Lipinski definition) is 2. The van der Waals surface area contributed by atoms with Crippen molar-refractivity contribution < 1.29 is 9.90 Å². The second-order valence-electron chi connectivity index (χ2n) is 4.92. The molecule has 1 aliphatic rings. The summed E-state index contributed by atoms with van der Waals surface area (Å²) in [5.41, 5.74) is -0.309. The van der Waals surface area contributed by atoms with Gasteiger partial charge in [-0.15, -0.1) is 0 Å². The quantitative estimate of drug-likeness (QED) is 0.834. The number of rotatable bonds is 1. The lowest BCUT2D eigenvalue weighted by Crippen LogP contribution is -2.35. The van der Waals surface area contributed by atoms with Gasteiger partial charge in [-0.2, -0.15) is 0 Å². The Labute approximate surface area is 106 Å². The molecule has 1 saturated heterocycles. The van der Waals surface area contributed by atoms with E-state index in [-0.39, 0.29) is 11.8 Å². The van der Waals surface area contributed by atoms with E-state index in [4.69, 9.17) is 11.6 Å². The summed E-state index contributed by atoms with van der Waals surface area (Å²) < 4.78 is 0. The summed E-state index contributed by atoms with van der Waals surface area (Å²) in [6, 6.07) is 6.99. The van der Waals surface area contributed by atoms with Gasteiger partial charge in [0, 0.05) is 19.0 Å². The van der Waals surface area contributed by atoms with Crippen LogP contribution in [0.25, 0.3) is 0 Å². The van der Waals surface area contributed by atoms with Gasteiger partial charge in [-0.05, 0) is 19.1 Å². The van der Waals surface area contributed by atoms with E-state index in [0.29, 0.717) is 23.7 Å². The average Bonchev–Trinajstić information content (AvgIpc) is 2.53. The predicted octanol–water partition coefficient (Wildman–Crippen LogP) is 2.18. The van der Waals surface area contributed by atoms with Crippen molar-refractivity contribution in [3.8, 4) is 0 Å². The zero-order valence-corrected chi connectivity index (χ0v) is 10.7. The number of carbonyl (C=O) groups is 1. The first-order valence-corrected chi connectivity index (χ1v) is 6.06. The normalized spacial score (nSPS) is 28.5. The summed E-state index contributed by atoms with van der Waals surface area (Å²) >= 11 is 5.99. The van der Waals surface area contributed by atoms with Crippen LogP contribution in [0, 0.1) is 5.92 Å². The number of benzene rings is 1. The van der Waals surface area contributed by atoms with Crippen LogP contribution >= 0.6 is 11.6 Å². The minimum atomic E-state index is -0.809. The average molecular weight is 254 g/mol. The van der Waals surface area contributed by atoms with Crippen molar-refractivity contribution >= 4 is 17.5 Å². The molecule has 0 saturated carbocycles. The molecule has 1 amide bonds. The fraction of sp³-hybridized carbons (Fsp3) is 0.462. The van der Waals surface area contributed by atoms with Gasteiger partial charge in [0.25, 0.3) is 5.91 Å². The van der Waals surface area contributed by atoms with Gasteiger partial charge in [-0.3, -0.25) is 4.79 Å². The van der Waals surface area contributed by atoms with Crippen molar-refractivity contribution in [1.82, 2.24) is 4.90 Å². The van der Waals surface area contributed by atoms with Crippen LogP contribution in [0.15, 0.2) is 24.3 Å². The summed E-state index contributed by atoms with van der Waals surface area (Å²) in [6.07, 6.45) is 0. The van der Waals surface area contributed by atoms with Crippen LogP contribution in [0.5, 0.6) is 0 Å². The van der Waals surface area contributed by atoms with Crippen LogP contribution in [-0.2, 0) is 0 Å². The molecule has 1 aliphatic heterocycles. The summed E-state index contributed by atoms with van der Waals surface area (Å²) in [5, 5.41) is 10.5. The molecule has 0 unspecified atom stereocenters. The number of β-amino-alcohol motifs (C(OH)–C–C–N with tert-alkyl or cyclic N) is 1. The van der Waals surface area contributed by atoms with Crippen molar-refractivity contribution in [2.24, 2.45) is 5.92 Å². The van der Waals surface area contributed by atoms with Crippen molar-refractivity contribution in [1.29, 1.82) is 0 Å². The Morgan fingerprint density at radius 3 is 2.71 bits per heavy atom. The van der Waals surface area contributed by atoms with Gasteiger partial charge in [-0.1, -0.05) is 30.7 Å². The summed E-state index contributed by atoms with van der Waals surface area (Å²) in [7, 11) is 0. The number of aliphatic hydroxyl groups is 1. The third kappa shape index (κ3) is 2.31. The third-order valence-corrected chi connectivity index (χ3v) is 3.79. The standard InChI is InChI=1S/C13H16ClNO2/c1-9-7-15(8-13(9,2)17)12(16)10-5-3-4-6-11(10)14/h3-6,9,17H,7-8H2,1-2H3/t9-,13+/m0/s1. The fourth-order valence-electron chi connectivity index (χ4n) is 2.09. The molecule has 4 heteroatoms. The van der Waals surface area contributed by atoms with Gasteiger partial charge in [0.15, 0.2) is 0 Å². The monoisotopic (exact) mass is 253 g/mol. The molecule has 1 heterocycles. The first kappa shape index (κ1) is 12.4. The largest absolute Gasteiger partial charge is 0.388 e. The Bertz CT molecular complexity index is 445. The highest BCUT2D eigenvalue weighted by Crippen LogP contribution is 2.29. The van der Waals surface area contributed by atoms with Gasteiger partial charge < -0.3 is 10.0 Å². The maximum absolute atomic E-state index is 12.2. The number of carbonyl (C=O) groups excluding carboxylic acids is 1. The van der Waals surface area contributed by atoms with Crippen molar-refractivity contribution in [2.45, 2.75) is 19.4 Å². The molecule has 0 aliphatic carbocycles. The molecule has 1 aromatic rings. The lowest BCUT2D eigenvalue weighted by Gasteiger charge is -2.20. The van der Waals surface area contributed by atoms with Crippen LogP contribution in [0.1, 0.15) is 24.2 Å². The molecule has 2 rings (SSSR count). The molecular weight excluding hydrogens is 238 g/mol. The maximum Gasteiger partial charge on any atom is 0.255 e. The Kier molecular flexibility index (Phi) is 3.15. The first-order valence-electron chi connectivity index (χ1n) is 5.68. The van der Waals surface area contributed by atoms with Crippen molar-refractivity contribution in [2.75, 3.05) is 13.1 Å². The van der Waals surface area contributed by atoms with Gasteiger partial charge in [-0.25, -0.2) is 0 Å². The van der Waals surface area contributed by atoms with Gasteiger partial charge in [0.05, 0.1) is 16.2 Å². The molecule has 17 heavy (non-hydrogen) atoms. The van der Waals surface area contributed by atoms with Crippen LogP contribution in [-0.4, -0.2) is 34.6 Å². The molecule has 0 bridgehead atoms. The Balaban J connectivity index is 2.21.